The van der Waals surface area contributed by atoms with Gasteiger partial charge in [-0.3, -0.25) is 0 Å². The van der Waals surface area contributed by atoms with Crippen molar-refractivity contribution in [2.24, 2.45) is 11.7 Å². The summed E-state index contributed by atoms with van der Waals surface area (Å²) in [5, 5.41) is 3.40. The highest BCUT2D eigenvalue weighted by Crippen LogP contribution is 2.12. The van der Waals surface area contributed by atoms with E-state index in [1.54, 1.807) is 0 Å². The second-order valence-electron chi connectivity index (χ2n) is 4.72. The molecule has 0 radical (unpaired) electrons. The Morgan fingerprint density at radius 3 is 2.38 bits per heavy atom. The molecule has 0 amide bonds. The first-order valence-corrected chi connectivity index (χ1v) is 6.25. The Kier molecular flexibility index (Phi) is 5.94. The van der Waals surface area contributed by atoms with E-state index >= 15 is 0 Å². The van der Waals surface area contributed by atoms with Crippen molar-refractivity contribution in [1.82, 2.24) is 0 Å². The fourth-order valence-electron chi connectivity index (χ4n) is 1.73. The lowest BCUT2D eigenvalue weighted by molar-refractivity contribution is 0.647. The van der Waals surface area contributed by atoms with Gasteiger partial charge in [-0.2, -0.15) is 0 Å². The molecule has 0 spiro atoms. The molecule has 2 heteroatoms. The predicted molar refractivity (Wildman–Crippen MR) is 71.8 cm³/mol. The van der Waals surface area contributed by atoms with Crippen LogP contribution >= 0.6 is 0 Å². The fraction of sp³-hybridized carbons (Fsp3) is 0.571. The summed E-state index contributed by atoms with van der Waals surface area (Å²) in [5.41, 5.74) is 8.08. The van der Waals surface area contributed by atoms with Crippen molar-refractivity contribution >= 4 is 5.69 Å². The molecule has 0 aromatic heterocycles. The lowest BCUT2D eigenvalue weighted by atomic mass is 10.0. The third kappa shape index (κ3) is 5.17. The molecule has 1 aromatic carbocycles. The van der Waals surface area contributed by atoms with Gasteiger partial charge in [0.1, 0.15) is 0 Å². The van der Waals surface area contributed by atoms with Crippen LogP contribution < -0.4 is 11.1 Å². The van der Waals surface area contributed by atoms with Crippen molar-refractivity contribution in [3.05, 3.63) is 29.8 Å². The van der Waals surface area contributed by atoms with Crippen molar-refractivity contribution in [3.8, 4) is 0 Å². The number of hydrogen-bond acceptors (Lipinski definition) is 2. The van der Waals surface area contributed by atoms with Gasteiger partial charge in [-0.05, 0) is 49.4 Å². The Bertz CT molecular complexity index is 277. The average molecular weight is 220 g/mol. The molecule has 16 heavy (non-hydrogen) atoms. The zero-order chi connectivity index (χ0) is 11.8. The first kappa shape index (κ1) is 13.0. The SMILES string of the molecule is CC(C)Cc1ccc(NCCCCN)cc1. The number of hydrogen-bond donors (Lipinski definition) is 2. The standard InChI is InChI=1S/C14H24N2/c1-12(2)11-13-5-7-14(8-6-13)16-10-4-3-9-15/h5-8,12,16H,3-4,9-11,15H2,1-2H3. The number of nitrogens with one attached hydrogen (secondary N) is 1. The number of unbranched alkanes of at least 4 members (excludes halogenated alkanes) is 1. The summed E-state index contributed by atoms with van der Waals surface area (Å²) >= 11 is 0. The van der Waals surface area contributed by atoms with Crippen LogP contribution in [0.1, 0.15) is 32.3 Å². The maximum absolute atomic E-state index is 5.45. The van der Waals surface area contributed by atoms with Crippen LogP contribution in [0.25, 0.3) is 0 Å². The molecule has 0 aliphatic heterocycles. The maximum Gasteiger partial charge on any atom is 0.0340 e. The Labute approximate surface area is 99.2 Å². The van der Waals surface area contributed by atoms with E-state index in [-0.39, 0.29) is 0 Å². The zero-order valence-electron chi connectivity index (χ0n) is 10.5. The molecule has 0 heterocycles. The van der Waals surface area contributed by atoms with E-state index in [2.05, 4.69) is 43.4 Å². The third-order valence-corrected chi connectivity index (χ3v) is 2.56. The minimum Gasteiger partial charge on any atom is -0.385 e. The Morgan fingerprint density at radius 1 is 1.12 bits per heavy atom. The molecular formula is C14H24N2. The smallest absolute Gasteiger partial charge is 0.0340 e. The minimum absolute atomic E-state index is 0.725. The van der Waals surface area contributed by atoms with Gasteiger partial charge in [-0.25, -0.2) is 0 Å². The fourth-order valence-corrected chi connectivity index (χ4v) is 1.73. The topological polar surface area (TPSA) is 38.0 Å². The lowest BCUT2D eigenvalue weighted by Crippen LogP contribution is -2.05. The van der Waals surface area contributed by atoms with Gasteiger partial charge in [0.15, 0.2) is 0 Å². The van der Waals surface area contributed by atoms with E-state index in [4.69, 9.17) is 5.73 Å². The van der Waals surface area contributed by atoms with Crippen molar-refractivity contribution < 1.29 is 0 Å². The van der Waals surface area contributed by atoms with Crippen LogP contribution in [-0.4, -0.2) is 13.1 Å². The second kappa shape index (κ2) is 7.29. The predicted octanol–water partition coefficient (Wildman–Crippen LogP) is 3.04. The zero-order valence-corrected chi connectivity index (χ0v) is 10.5. The van der Waals surface area contributed by atoms with E-state index in [1.165, 1.54) is 11.3 Å². The van der Waals surface area contributed by atoms with E-state index in [0.29, 0.717) is 0 Å². The minimum atomic E-state index is 0.725. The first-order chi connectivity index (χ1) is 7.72. The van der Waals surface area contributed by atoms with E-state index in [0.717, 1.165) is 38.3 Å². The largest absolute Gasteiger partial charge is 0.385 e. The summed E-state index contributed by atoms with van der Waals surface area (Å²) < 4.78 is 0. The molecule has 0 aliphatic rings. The molecule has 0 aliphatic carbocycles. The molecule has 1 rings (SSSR count). The van der Waals surface area contributed by atoms with Crippen LogP contribution in [0.4, 0.5) is 5.69 Å². The Hall–Kier alpha value is -1.02. The van der Waals surface area contributed by atoms with Crippen molar-refractivity contribution in [1.29, 1.82) is 0 Å². The summed E-state index contributed by atoms with van der Waals surface area (Å²) in [6.07, 6.45) is 3.40. The molecule has 0 unspecified atom stereocenters. The highest BCUT2D eigenvalue weighted by atomic mass is 14.9. The van der Waals surface area contributed by atoms with E-state index in [9.17, 15) is 0 Å². The van der Waals surface area contributed by atoms with Gasteiger partial charge in [0.25, 0.3) is 0 Å². The molecule has 0 bridgehead atoms. The number of benzene rings is 1. The van der Waals surface area contributed by atoms with Crippen LogP contribution in [0.15, 0.2) is 24.3 Å². The van der Waals surface area contributed by atoms with Crippen LogP contribution in [0.3, 0.4) is 0 Å². The van der Waals surface area contributed by atoms with Crippen molar-refractivity contribution in [2.45, 2.75) is 33.1 Å². The summed E-state index contributed by atoms with van der Waals surface area (Å²) in [7, 11) is 0. The number of rotatable bonds is 7. The molecule has 2 nitrogen and oxygen atoms in total. The van der Waals surface area contributed by atoms with Crippen LogP contribution in [0, 0.1) is 5.92 Å². The lowest BCUT2D eigenvalue weighted by Gasteiger charge is -2.08. The first-order valence-electron chi connectivity index (χ1n) is 6.25. The van der Waals surface area contributed by atoms with Gasteiger partial charge in [-0.1, -0.05) is 26.0 Å². The molecular weight excluding hydrogens is 196 g/mol. The average Bonchev–Trinajstić information content (AvgIpc) is 2.26. The maximum atomic E-state index is 5.45. The Morgan fingerprint density at radius 2 is 1.81 bits per heavy atom. The highest BCUT2D eigenvalue weighted by Gasteiger charge is 1.97. The molecule has 0 atom stereocenters. The van der Waals surface area contributed by atoms with Gasteiger partial charge >= 0.3 is 0 Å². The molecule has 0 saturated heterocycles. The molecule has 1 aromatic rings. The number of nitrogens with two attached hydrogens (primary N) is 1. The molecule has 0 saturated carbocycles. The molecule has 90 valence electrons. The van der Waals surface area contributed by atoms with Gasteiger partial charge < -0.3 is 11.1 Å². The van der Waals surface area contributed by atoms with Crippen LogP contribution in [-0.2, 0) is 6.42 Å². The third-order valence-electron chi connectivity index (χ3n) is 2.56. The van der Waals surface area contributed by atoms with Gasteiger partial charge in [0.05, 0.1) is 0 Å². The van der Waals surface area contributed by atoms with Gasteiger partial charge in [-0.15, -0.1) is 0 Å². The van der Waals surface area contributed by atoms with Gasteiger partial charge in [0.2, 0.25) is 0 Å². The number of anilines is 1. The van der Waals surface area contributed by atoms with E-state index in [1.807, 2.05) is 0 Å². The highest BCUT2D eigenvalue weighted by molar-refractivity contribution is 5.44. The molecule has 0 fully saturated rings. The molecule has 3 N–H and O–H groups in total. The van der Waals surface area contributed by atoms with E-state index < -0.39 is 0 Å². The Balaban J connectivity index is 2.33. The summed E-state index contributed by atoms with van der Waals surface area (Å²) in [6.45, 7) is 6.30. The summed E-state index contributed by atoms with van der Waals surface area (Å²) in [4.78, 5) is 0. The normalized spacial score (nSPS) is 10.8. The summed E-state index contributed by atoms with van der Waals surface area (Å²) in [6, 6.07) is 8.76. The second-order valence-corrected chi connectivity index (χ2v) is 4.72. The monoisotopic (exact) mass is 220 g/mol. The summed E-state index contributed by atoms with van der Waals surface area (Å²) in [5.74, 6) is 0.725. The van der Waals surface area contributed by atoms with Crippen molar-refractivity contribution in [2.75, 3.05) is 18.4 Å². The van der Waals surface area contributed by atoms with Crippen molar-refractivity contribution in [3.63, 3.8) is 0 Å². The quantitative estimate of drug-likeness (QED) is 0.693. The van der Waals surface area contributed by atoms with Gasteiger partial charge in [0, 0.05) is 12.2 Å². The van der Waals surface area contributed by atoms with Crippen LogP contribution in [0.5, 0.6) is 0 Å². The van der Waals surface area contributed by atoms with Crippen LogP contribution in [0.2, 0.25) is 0 Å².